The minimum atomic E-state index is -0.676. The van der Waals surface area contributed by atoms with E-state index in [-0.39, 0.29) is 17.4 Å². The van der Waals surface area contributed by atoms with E-state index in [9.17, 15) is 19.5 Å². The fourth-order valence-electron chi connectivity index (χ4n) is 4.93. The van der Waals surface area contributed by atoms with Gasteiger partial charge in [0.15, 0.2) is 0 Å². The van der Waals surface area contributed by atoms with Gasteiger partial charge in [-0.3, -0.25) is 14.4 Å². The molecular weight excluding hydrogens is 674 g/mol. The maximum atomic E-state index is 13.8. The number of methoxy groups -OCH3 is 2. The number of hydrogen-bond acceptors (Lipinski definition) is 7. The molecule has 5 rings (SSSR count). The number of benzene rings is 5. The van der Waals surface area contributed by atoms with Crippen molar-refractivity contribution in [2.75, 3.05) is 24.9 Å². The van der Waals surface area contributed by atoms with Crippen molar-refractivity contribution >= 4 is 58.5 Å². The highest BCUT2D eigenvalue weighted by atomic mass is 35.5. The Bertz CT molecular complexity index is 2040. The van der Waals surface area contributed by atoms with E-state index >= 15 is 0 Å². The van der Waals surface area contributed by atoms with Gasteiger partial charge in [0.25, 0.3) is 11.8 Å². The molecule has 0 bridgehead atoms. The molecule has 254 valence electrons. The van der Waals surface area contributed by atoms with Crippen LogP contribution in [0.2, 0.25) is 5.02 Å². The van der Waals surface area contributed by atoms with Gasteiger partial charge in [-0.05, 0) is 72.7 Å². The molecule has 0 aromatic heterocycles. The molecule has 0 fully saturated rings. The molecule has 0 saturated carbocycles. The highest BCUT2D eigenvalue weighted by Crippen LogP contribution is 2.39. The molecule has 1 atom stereocenters. The third-order valence-electron chi connectivity index (χ3n) is 7.47. The second kappa shape index (κ2) is 16.6. The number of amides is 3. The number of carbonyl (C=O) groups excluding carboxylic acids is 3. The molecule has 0 aliphatic carbocycles. The zero-order chi connectivity index (χ0) is 35.6. The largest absolute Gasteiger partial charge is 0.508 e. The van der Waals surface area contributed by atoms with E-state index in [0.717, 1.165) is 11.1 Å². The highest BCUT2D eigenvalue weighted by molar-refractivity contribution is 8.00. The Morgan fingerprint density at radius 1 is 0.800 bits per heavy atom. The molecule has 9 nitrogen and oxygen atoms in total. The maximum absolute atomic E-state index is 13.8. The molecular formula is C39H34ClN3O6S. The Balaban J connectivity index is 1.42. The first-order valence-electron chi connectivity index (χ1n) is 15.4. The van der Waals surface area contributed by atoms with Crippen LogP contribution in [0, 0.1) is 6.92 Å². The fourth-order valence-corrected chi connectivity index (χ4v) is 6.16. The number of carbonyl (C=O) groups is 3. The van der Waals surface area contributed by atoms with Crippen LogP contribution in [-0.2, 0) is 9.59 Å². The van der Waals surface area contributed by atoms with Crippen LogP contribution < -0.4 is 25.4 Å². The summed E-state index contributed by atoms with van der Waals surface area (Å²) in [5.41, 5.74) is 3.23. The molecule has 50 heavy (non-hydrogen) atoms. The SMILES string of the molecule is COc1cc(O)ccc1/C=C(/NC(=O)c1ccccc1)C(=O)Nc1cccc(SC(C(=O)Nc2cc(C)c(Cl)cc2OC)c2ccccc2)c1. The van der Waals surface area contributed by atoms with E-state index in [1.807, 2.05) is 43.3 Å². The van der Waals surface area contributed by atoms with E-state index in [4.69, 9.17) is 21.1 Å². The Labute approximate surface area is 299 Å². The van der Waals surface area contributed by atoms with E-state index in [0.29, 0.717) is 43.9 Å². The van der Waals surface area contributed by atoms with Gasteiger partial charge in [0.1, 0.15) is 28.2 Å². The molecule has 4 N–H and O–H groups in total. The van der Waals surface area contributed by atoms with Crippen LogP contribution >= 0.6 is 23.4 Å². The van der Waals surface area contributed by atoms with Crippen molar-refractivity contribution in [3.8, 4) is 17.2 Å². The third kappa shape index (κ3) is 9.04. The van der Waals surface area contributed by atoms with Gasteiger partial charge in [-0.25, -0.2) is 0 Å². The number of thioether (sulfide) groups is 1. The van der Waals surface area contributed by atoms with Crippen molar-refractivity contribution < 1.29 is 29.0 Å². The van der Waals surface area contributed by atoms with E-state index in [1.165, 1.54) is 44.2 Å². The van der Waals surface area contributed by atoms with Gasteiger partial charge in [0, 0.05) is 38.9 Å². The predicted octanol–water partition coefficient (Wildman–Crippen LogP) is 8.25. The fraction of sp³-hybridized carbons (Fsp3) is 0.103. The quantitative estimate of drug-likeness (QED) is 0.0760. The van der Waals surface area contributed by atoms with Crippen molar-refractivity contribution in [1.29, 1.82) is 0 Å². The number of nitrogens with one attached hydrogen (secondary N) is 3. The number of rotatable bonds is 12. The zero-order valence-electron chi connectivity index (χ0n) is 27.4. The number of phenols is 1. The summed E-state index contributed by atoms with van der Waals surface area (Å²) in [4.78, 5) is 41.4. The number of ether oxygens (including phenoxy) is 2. The number of anilines is 2. The average Bonchev–Trinajstić information content (AvgIpc) is 3.13. The lowest BCUT2D eigenvalue weighted by Crippen LogP contribution is -2.30. The van der Waals surface area contributed by atoms with Gasteiger partial charge in [-0.15, -0.1) is 11.8 Å². The minimum Gasteiger partial charge on any atom is -0.508 e. The summed E-state index contributed by atoms with van der Waals surface area (Å²) in [7, 11) is 2.95. The minimum absolute atomic E-state index is 0.0162. The second-order valence-corrected chi connectivity index (χ2v) is 12.6. The number of phenolic OH excluding ortho intramolecular Hbond substituents is 1. The van der Waals surface area contributed by atoms with Crippen molar-refractivity contribution in [2.24, 2.45) is 0 Å². The predicted molar refractivity (Wildman–Crippen MR) is 198 cm³/mol. The van der Waals surface area contributed by atoms with Gasteiger partial charge < -0.3 is 30.5 Å². The van der Waals surface area contributed by atoms with Crippen LogP contribution in [0.25, 0.3) is 6.08 Å². The van der Waals surface area contributed by atoms with Crippen LogP contribution in [0.1, 0.15) is 32.3 Å². The molecule has 0 saturated heterocycles. The van der Waals surface area contributed by atoms with Crippen LogP contribution in [0.4, 0.5) is 11.4 Å². The van der Waals surface area contributed by atoms with Crippen molar-refractivity contribution in [2.45, 2.75) is 17.1 Å². The molecule has 5 aromatic carbocycles. The Kier molecular flexibility index (Phi) is 11.8. The number of halogens is 1. The Hall–Kier alpha value is -5.71. The van der Waals surface area contributed by atoms with Crippen LogP contribution in [0.3, 0.4) is 0 Å². The van der Waals surface area contributed by atoms with Crippen molar-refractivity contribution in [3.05, 3.63) is 148 Å². The zero-order valence-corrected chi connectivity index (χ0v) is 29.0. The lowest BCUT2D eigenvalue weighted by Gasteiger charge is -2.19. The summed E-state index contributed by atoms with van der Waals surface area (Å²) in [5.74, 6) is -0.653. The smallest absolute Gasteiger partial charge is 0.272 e. The molecule has 0 spiro atoms. The Morgan fingerprint density at radius 3 is 2.20 bits per heavy atom. The lowest BCUT2D eigenvalue weighted by molar-refractivity contribution is -0.116. The number of aromatic hydroxyl groups is 1. The van der Waals surface area contributed by atoms with Gasteiger partial charge >= 0.3 is 0 Å². The summed E-state index contributed by atoms with van der Waals surface area (Å²) >= 11 is 7.59. The normalized spacial score (nSPS) is 11.6. The molecule has 3 amide bonds. The lowest BCUT2D eigenvalue weighted by atomic mass is 10.1. The summed E-state index contributed by atoms with van der Waals surface area (Å²) < 4.78 is 10.9. The topological polar surface area (TPSA) is 126 Å². The molecule has 0 heterocycles. The molecule has 0 aliphatic heterocycles. The molecule has 5 aromatic rings. The monoisotopic (exact) mass is 707 g/mol. The highest BCUT2D eigenvalue weighted by Gasteiger charge is 2.24. The van der Waals surface area contributed by atoms with Crippen LogP contribution in [-0.4, -0.2) is 37.0 Å². The summed E-state index contributed by atoms with van der Waals surface area (Å²) in [6.45, 7) is 1.84. The van der Waals surface area contributed by atoms with Gasteiger partial charge in [0.05, 0.1) is 19.9 Å². The number of hydrogen-bond donors (Lipinski definition) is 4. The first kappa shape index (κ1) is 35.6. The molecule has 11 heteroatoms. The summed E-state index contributed by atoms with van der Waals surface area (Å²) in [5, 5.41) is 18.3. The third-order valence-corrected chi connectivity index (χ3v) is 9.13. The van der Waals surface area contributed by atoms with Crippen molar-refractivity contribution in [3.63, 3.8) is 0 Å². The first-order chi connectivity index (χ1) is 24.1. The Morgan fingerprint density at radius 2 is 1.50 bits per heavy atom. The van der Waals surface area contributed by atoms with Crippen LogP contribution in [0.15, 0.2) is 126 Å². The number of aryl methyl sites for hydroxylation is 1. The van der Waals surface area contributed by atoms with Gasteiger partial charge in [-0.2, -0.15) is 0 Å². The van der Waals surface area contributed by atoms with E-state index < -0.39 is 17.1 Å². The summed E-state index contributed by atoms with van der Waals surface area (Å²) in [6.07, 6.45) is 1.47. The summed E-state index contributed by atoms with van der Waals surface area (Å²) in [6, 6.07) is 32.8. The standard InChI is InChI=1S/C39H34ClN3O6S/c1-24-19-32(35(49-3)23-31(24)40)42-39(47)36(25-11-6-4-7-12-25)50-30-16-10-15-28(21-30)41-38(46)33(43-37(45)26-13-8-5-9-14-26)20-27-17-18-29(44)22-34(27)48-2/h4-23,36,44H,1-3H3,(H,41,46)(H,42,47)(H,43,45)/b33-20+. The average molecular weight is 708 g/mol. The molecule has 1 unspecified atom stereocenters. The van der Waals surface area contributed by atoms with E-state index in [2.05, 4.69) is 16.0 Å². The molecule has 0 aliphatic rings. The van der Waals surface area contributed by atoms with Gasteiger partial charge in [-0.1, -0.05) is 66.2 Å². The van der Waals surface area contributed by atoms with Crippen LogP contribution in [0.5, 0.6) is 17.2 Å². The molecule has 0 radical (unpaired) electrons. The second-order valence-electron chi connectivity index (χ2n) is 11.0. The van der Waals surface area contributed by atoms with Crippen molar-refractivity contribution in [1.82, 2.24) is 5.32 Å². The first-order valence-corrected chi connectivity index (χ1v) is 16.6. The van der Waals surface area contributed by atoms with E-state index in [1.54, 1.807) is 66.7 Å². The van der Waals surface area contributed by atoms with Gasteiger partial charge in [0.2, 0.25) is 5.91 Å². The maximum Gasteiger partial charge on any atom is 0.272 e.